The molecule has 2 rings (SSSR count). The molecule has 0 saturated carbocycles. The number of carbonyl (C=O) groups excluding carboxylic acids is 1. The van der Waals surface area contributed by atoms with Crippen LogP contribution in [0, 0.1) is 0 Å². The van der Waals surface area contributed by atoms with Crippen molar-refractivity contribution in [3.63, 3.8) is 0 Å². The molecule has 1 amide bonds. The molecule has 110 valence electrons. The number of nitrogens with zero attached hydrogens (tertiary/aromatic N) is 1. The van der Waals surface area contributed by atoms with Gasteiger partial charge in [0.1, 0.15) is 17.7 Å². The van der Waals surface area contributed by atoms with Gasteiger partial charge in [0.05, 0.1) is 0 Å². The van der Waals surface area contributed by atoms with Gasteiger partial charge in [0, 0.05) is 0 Å². The summed E-state index contributed by atoms with van der Waals surface area (Å²) in [4.78, 5) is 17.1. The molecule has 0 unspecified atom stereocenters. The molecule has 20 heavy (non-hydrogen) atoms. The lowest BCUT2D eigenvalue weighted by molar-refractivity contribution is -0.214. The Morgan fingerprint density at radius 1 is 1.25 bits per heavy atom. The summed E-state index contributed by atoms with van der Waals surface area (Å²) in [5.41, 5.74) is -0.0393. The lowest BCUT2D eigenvalue weighted by Gasteiger charge is -2.27. The topological polar surface area (TPSA) is 79.2 Å². The van der Waals surface area contributed by atoms with E-state index in [0.717, 1.165) is 5.06 Å². The molecule has 3 atom stereocenters. The van der Waals surface area contributed by atoms with Crippen LogP contribution in [0.25, 0.3) is 0 Å². The minimum atomic E-state index is -1.47. The highest BCUT2D eigenvalue weighted by Crippen LogP contribution is 2.34. The van der Waals surface area contributed by atoms with Crippen LogP contribution in [0.4, 0.5) is 4.79 Å². The second-order valence-corrected chi connectivity index (χ2v) is 5.65. The van der Waals surface area contributed by atoms with E-state index in [4.69, 9.17) is 9.57 Å². The van der Waals surface area contributed by atoms with E-state index in [1.165, 1.54) is 0 Å². The van der Waals surface area contributed by atoms with Crippen molar-refractivity contribution in [3.8, 4) is 0 Å². The molecule has 6 heteroatoms. The minimum absolute atomic E-state index is 0.655. The van der Waals surface area contributed by atoms with Crippen molar-refractivity contribution in [2.24, 2.45) is 0 Å². The monoisotopic (exact) mass is 281 g/mol. The zero-order chi connectivity index (χ0) is 14.9. The van der Waals surface area contributed by atoms with Gasteiger partial charge in [-0.2, -0.15) is 5.06 Å². The average Bonchev–Trinajstić information content (AvgIpc) is 2.65. The molecule has 1 fully saturated rings. The van der Waals surface area contributed by atoms with E-state index >= 15 is 0 Å². The molecule has 1 aromatic carbocycles. The first kappa shape index (κ1) is 14.8. The van der Waals surface area contributed by atoms with Crippen molar-refractivity contribution in [2.45, 2.75) is 44.8 Å². The van der Waals surface area contributed by atoms with E-state index in [1.807, 2.05) is 6.07 Å². The van der Waals surface area contributed by atoms with Gasteiger partial charge in [-0.1, -0.05) is 30.3 Å². The van der Waals surface area contributed by atoms with Gasteiger partial charge in [-0.05, 0) is 26.3 Å². The summed E-state index contributed by atoms with van der Waals surface area (Å²) in [5, 5.41) is 20.5. The molecule has 1 saturated heterocycles. The van der Waals surface area contributed by atoms with Gasteiger partial charge in [-0.3, -0.25) is 0 Å². The van der Waals surface area contributed by atoms with Crippen molar-refractivity contribution < 1.29 is 24.6 Å². The maximum absolute atomic E-state index is 12.1. The molecule has 0 aromatic heterocycles. The van der Waals surface area contributed by atoms with Gasteiger partial charge in [0.25, 0.3) is 0 Å². The first-order valence-electron chi connectivity index (χ1n) is 6.39. The third-order valence-electron chi connectivity index (χ3n) is 2.80. The van der Waals surface area contributed by atoms with Crippen LogP contribution in [0.1, 0.15) is 32.4 Å². The van der Waals surface area contributed by atoms with Crippen LogP contribution in [-0.4, -0.2) is 39.4 Å². The van der Waals surface area contributed by atoms with Crippen LogP contribution in [0.5, 0.6) is 0 Å². The number of rotatable bonds is 1. The molecule has 6 nitrogen and oxygen atoms in total. The standard InChI is InChI=1S/C14H19NO5/c1-14(2,3)19-13(18)15-10(11(16)12(17)20-15)9-7-5-4-6-8-9/h4-8,10-12,16-17H,1-3H3/t10-,11-,12+/m1/s1. The molecule has 0 spiro atoms. The lowest BCUT2D eigenvalue weighted by Crippen LogP contribution is -2.37. The van der Waals surface area contributed by atoms with Crippen LogP contribution >= 0.6 is 0 Å². The highest BCUT2D eigenvalue weighted by molar-refractivity contribution is 5.68. The average molecular weight is 281 g/mol. The smallest absolute Gasteiger partial charge is 0.435 e. The van der Waals surface area contributed by atoms with E-state index in [9.17, 15) is 15.0 Å². The van der Waals surface area contributed by atoms with Crippen LogP contribution in [0.3, 0.4) is 0 Å². The van der Waals surface area contributed by atoms with E-state index in [-0.39, 0.29) is 0 Å². The Kier molecular flexibility index (Phi) is 3.99. The number of amides is 1. The summed E-state index contributed by atoms with van der Waals surface area (Å²) in [6.07, 6.45) is -3.44. The quantitative estimate of drug-likeness (QED) is 0.817. The van der Waals surface area contributed by atoms with Crippen molar-refractivity contribution in [2.75, 3.05) is 0 Å². The highest BCUT2D eigenvalue weighted by Gasteiger charge is 2.46. The SMILES string of the molecule is CC(C)(C)OC(=O)N1O[C@H](O)[C@H](O)[C@H]1c1ccccc1. The summed E-state index contributed by atoms with van der Waals surface area (Å²) in [7, 11) is 0. The first-order valence-corrected chi connectivity index (χ1v) is 6.39. The number of carbonyl (C=O) groups is 1. The number of aliphatic hydroxyl groups excluding tert-OH is 2. The summed E-state index contributed by atoms with van der Waals surface area (Å²) in [6.45, 7) is 5.18. The van der Waals surface area contributed by atoms with Gasteiger partial charge in [0.2, 0.25) is 6.29 Å². The van der Waals surface area contributed by atoms with Crippen LogP contribution < -0.4 is 0 Å². The molecular weight excluding hydrogens is 262 g/mol. The zero-order valence-electron chi connectivity index (χ0n) is 11.7. The summed E-state index contributed by atoms with van der Waals surface area (Å²) in [6, 6.07) is 8.06. The van der Waals surface area contributed by atoms with Gasteiger partial charge in [0.15, 0.2) is 0 Å². The summed E-state index contributed by atoms with van der Waals surface area (Å²) in [5.74, 6) is 0. The van der Waals surface area contributed by atoms with Crippen molar-refractivity contribution >= 4 is 6.09 Å². The lowest BCUT2D eigenvalue weighted by atomic mass is 10.0. The Morgan fingerprint density at radius 2 is 1.85 bits per heavy atom. The number of hydrogen-bond donors (Lipinski definition) is 2. The van der Waals surface area contributed by atoms with Gasteiger partial charge in [-0.25, -0.2) is 9.63 Å². The summed E-state index contributed by atoms with van der Waals surface area (Å²) < 4.78 is 5.21. The molecule has 1 heterocycles. The number of aliphatic hydroxyl groups is 2. The predicted octanol–water partition coefficient (Wildman–Crippen LogP) is 1.59. The second-order valence-electron chi connectivity index (χ2n) is 5.65. The summed E-state index contributed by atoms with van der Waals surface area (Å²) >= 11 is 0. The number of hydroxylamine groups is 2. The number of benzene rings is 1. The van der Waals surface area contributed by atoms with Gasteiger partial charge in [-0.15, -0.1) is 0 Å². The van der Waals surface area contributed by atoms with E-state index in [0.29, 0.717) is 5.56 Å². The molecule has 0 bridgehead atoms. The second kappa shape index (κ2) is 5.40. The van der Waals surface area contributed by atoms with Gasteiger partial charge < -0.3 is 14.9 Å². The van der Waals surface area contributed by atoms with Crippen molar-refractivity contribution in [1.29, 1.82) is 0 Å². The van der Waals surface area contributed by atoms with Crippen LogP contribution in [0.15, 0.2) is 30.3 Å². The fourth-order valence-corrected chi connectivity index (χ4v) is 1.99. The number of ether oxygens (including phenoxy) is 1. The molecule has 0 aliphatic carbocycles. The fraction of sp³-hybridized carbons (Fsp3) is 0.500. The largest absolute Gasteiger partial charge is 0.442 e. The van der Waals surface area contributed by atoms with E-state index in [2.05, 4.69) is 0 Å². The zero-order valence-corrected chi connectivity index (χ0v) is 11.7. The van der Waals surface area contributed by atoms with Crippen LogP contribution in [0.2, 0.25) is 0 Å². The third-order valence-corrected chi connectivity index (χ3v) is 2.80. The predicted molar refractivity (Wildman–Crippen MR) is 70.4 cm³/mol. The maximum Gasteiger partial charge on any atom is 0.435 e. The minimum Gasteiger partial charge on any atom is -0.442 e. The molecule has 0 radical (unpaired) electrons. The Bertz CT molecular complexity index is 470. The Hall–Kier alpha value is -1.63. The Balaban J connectivity index is 2.25. The first-order chi connectivity index (χ1) is 9.29. The molecule has 1 aliphatic heterocycles. The van der Waals surface area contributed by atoms with E-state index < -0.39 is 30.1 Å². The van der Waals surface area contributed by atoms with Gasteiger partial charge >= 0.3 is 6.09 Å². The molecular formula is C14H19NO5. The highest BCUT2D eigenvalue weighted by atomic mass is 16.8. The molecule has 2 N–H and O–H groups in total. The van der Waals surface area contributed by atoms with E-state index in [1.54, 1.807) is 45.0 Å². The Labute approximate surface area is 117 Å². The van der Waals surface area contributed by atoms with Crippen molar-refractivity contribution in [3.05, 3.63) is 35.9 Å². The molecule has 1 aliphatic rings. The number of hydrogen-bond acceptors (Lipinski definition) is 5. The third kappa shape index (κ3) is 3.09. The van der Waals surface area contributed by atoms with Crippen molar-refractivity contribution in [1.82, 2.24) is 5.06 Å². The Morgan fingerprint density at radius 3 is 2.40 bits per heavy atom. The van der Waals surface area contributed by atoms with Crippen LogP contribution in [-0.2, 0) is 9.57 Å². The fourth-order valence-electron chi connectivity index (χ4n) is 1.99. The molecule has 1 aromatic rings. The maximum atomic E-state index is 12.1. The normalized spacial score (nSPS) is 26.6.